The van der Waals surface area contributed by atoms with Gasteiger partial charge in [0, 0.05) is 5.38 Å². The second kappa shape index (κ2) is 6.44. The molecule has 0 aliphatic carbocycles. The summed E-state index contributed by atoms with van der Waals surface area (Å²) >= 11 is 1.57. The van der Waals surface area contributed by atoms with Crippen LogP contribution in [0.1, 0.15) is 28.0 Å². The second-order valence-electron chi connectivity index (χ2n) is 4.46. The second-order valence-corrected chi connectivity index (χ2v) is 5.41. The number of hydrogen-bond donors (Lipinski definition) is 0. The van der Waals surface area contributed by atoms with Crippen LogP contribution in [0, 0.1) is 0 Å². The highest BCUT2D eigenvalue weighted by Crippen LogP contribution is 2.13. The fourth-order valence-electron chi connectivity index (χ4n) is 1.83. The highest BCUT2D eigenvalue weighted by molar-refractivity contribution is 7.09. The standard InChI is InChI=1S/C14H13N5O2S/c1-2-13-16-11(8-22-13)7-21-14(20)10-3-5-12(6-4-10)19-9-15-17-18-19/h3-6,8-9H,2,7H2,1H3. The normalized spacial score (nSPS) is 10.6. The summed E-state index contributed by atoms with van der Waals surface area (Å²) in [6.45, 7) is 2.23. The number of carbonyl (C=O) groups is 1. The van der Waals surface area contributed by atoms with Gasteiger partial charge in [-0.2, -0.15) is 0 Å². The van der Waals surface area contributed by atoms with E-state index in [0.717, 1.165) is 22.8 Å². The number of nitrogens with zero attached hydrogens (tertiary/aromatic N) is 5. The van der Waals surface area contributed by atoms with Crippen molar-refractivity contribution in [1.82, 2.24) is 25.2 Å². The topological polar surface area (TPSA) is 82.8 Å². The van der Waals surface area contributed by atoms with Gasteiger partial charge in [-0.25, -0.2) is 14.5 Å². The molecule has 112 valence electrons. The molecule has 1 aromatic carbocycles. The van der Waals surface area contributed by atoms with Crippen LogP contribution in [-0.4, -0.2) is 31.2 Å². The lowest BCUT2D eigenvalue weighted by molar-refractivity contribution is 0.0468. The van der Waals surface area contributed by atoms with Crippen LogP contribution >= 0.6 is 11.3 Å². The minimum Gasteiger partial charge on any atom is -0.456 e. The first-order valence-electron chi connectivity index (χ1n) is 6.70. The summed E-state index contributed by atoms with van der Waals surface area (Å²) < 4.78 is 6.77. The van der Waals surface area contributed by atoms with Crippen molar-refractivity contribution in [3.8, 4) is 5.69 Å². The average Bonchev–Trinajstić information content (AvgIpc) is 3.24. The Kier molecular flexibility index (Phi) is 4.19. The molecule has 0 unspecified atom stereocenters. The molecule has 0 saturated heterocycles. The van der Waals surface area contributed by atoms with Gasteiger partial charge in [-0.1, -0.05) is 6.92 Å². The lowest BCUT2D eigenvalue weighted by Crippen LogP contribution is -2.06. The molecule has 0 saturated carbocycles. The Labute approximate surface area is 130 Å². The quantitative estimate of drug-likeness (QED) is 0.670. The van der Waals surface area contributed by atoms with Crippen molar-refractivity contribution >= 4 is 17.3 Å². The smallest absolute Gasteiger partial charge is 0.338 e. The number of tetrazole rings is 1. The Hall–Kier alpha value is -2.61. The number of benzene rings is 1. The largest absolute Gasteiger partial charge is 0.456 e. The Morgan fingerprint density at radius 3 is 2.77 bits per heavy atom. The van der Waals surface area contributed by atoms with Crippen LogP contribution in [0.5, 0.6) is 0 Å². The zero-order chi connectivity index (χ0) is 15.4. The third kappa shape index (κ3) is 3.17. The van der Waals surface area contributed by atoms with Crippen LogP contribution in [0.2, 0.25) is 0 Å². The molecule has 0 atom stereocenters. The van der Waals surface area contributed by atoms with E-state index in [-0.39, 0.29) is 12.6 Å². The number of rotatable bonds is 5. The summed E-state index contributed by atoms with van der Waals surface area (Å²) in [5.41, 5.74) is 2.02. The summed E-state index contributed by atoms with van der Waals surface area (Å²) in [4.78, 5) is 16.4. The van der Waals surface area contributed by atoms with Gasteiger partial charge in [-0.3, -0.25) is 0 Å². The molecule has 0 spiro atoms. The van der Waals surface area contributed by atoms with Gasteiger partial charge in [0.15, 0.2) is 0 Å². The SMILES string of the molecule is CCc1nc(COC(=O)c2ccc(-n3cnnn3)cc2)cs1. The molecule has 7 nitrogen and oxygen atoms in total. The first-order valence-corrected chi connectivity index (χ1v) is 7.58. The molecule has 0 amide bonds. The highest BCUT2D eigenvalue weighted by Gasteiger charge is 2.09. The Morgan fingerprint density at radius 2 is 2.14 bits per heavy atom. The van der Waals surface area contributed by atoms with E-state index in [4.69, 9.17) is 4.74 Å². The van der Waals surface area contributed by atoms with E-state index in [1.807, 2.05) is 12.3 Å². The molecule has 0 aliphatic heterocycles. The van der Waals surface area contributed by atoms with Crippen molar-refractivity contribution in [3.63, 3.8) is 0 Å². The molecule has 2 aromatic heterocycles. The number of aryl methyl sites for hydroxylation is 1. The maximum Gasteiger partial charge on any atom is 0.338 e. The van der Waals surface area contributed by atoms with Gasteiger partial charge in [0.05, 0.1) is 22.0 Å². The molecule has 2 heterocycles. The molecule has 3 rings (SSSR count). The number of ether oxygens (including phenoxy) is 1. The average molecular weight is 315 g/mol. The Bertz CT molecular complexity index is 752. The van der Waals surface area contributed by atoms with E-state index in [9.17, 15) is 4.79 Å². The Balaban J connectivity index is 1.62. The van der Waals surface area contributed by atoms with Crippen molar-refractivity contribution in [2.75, 3.05) is 0 Å². The van der Waals surface area contributed by atoms with E-state index in [0.29, 0.717) is 5.56 Å². The fraction of sp³-hybridized carbons (Fsp3) is 0.214. The van der Waals surface area contributed by atoms with E-state index in [2.05, 4.69) is 20.5 Å². The van der Waals surface area contributed by atoms with Gasteiger partial charge in [0.25, 0.3) is 0 Å². The molecule has 3 aromatic rings. The number of hydrogen-bond acceptors (Lipinski definition) is 7. The van der Waals surface area contributed by atoms with E-state index >= 15 is 0 Å². The molecular weight excluding hydrogens is 302 g/mol. The summed E-state index contributed by atoms with van der Waals surface area (Å²) in [5, 5.41) is 13.9. The molecule has 0 radical (unpaired) electrons. The first kappa shape index (κ1) is 14.3. The maximum atomic E-state index is 12.0. The minimum absolute atomic E-state index is 0.185. The summed E-state index contributed by atoms with van der Waals surface area (Å²) in [6, 6.07) is 6.87. The van der Waals surface area contributed by atoms with E-state index in [1.54, 1.807) is 35.6 Å². The van der Waals surface area contributed by atoms with Crippen LogP contribution in [0.25, 0.3) is 5.69 Å². The summed E-state index contributed by atoms with van der Waals surface area (Å²) in [7, 11) is 0. The minimum atomic E-state index is -0.380. The predicted octanol–water partition coefficient (Wildman–Crippen LogP) is 2.04. The summed E-state index contributed by atoms with van der Waals surface area (Å²) in [6.07, 6.45) is 2.37. The molecule has 0 fully saturated rings. The summed E-state index contributed by atoms with van der Waals surface area (Å²) in [5.74, 6) is -0.380. The van der Waals surface area contributed by atoms with Crippen molar-refractivity contribution in [1.29, 1.82) is 0 Å². The number of esters is 1. The van der Waals surface area contributed by atoms with E-state index in [1.165, 1.54) is 11.0 Å². The van der Waals surface area contributed by atoms with E-state index < -0.39 is 0 Å². The van der Waals surface area contributed by atoms with Gasteiger partial charge in [-0.05, 0) is 41.1 Å². The number of carbonyl (C=O) groups excluding carboxylic acids is 1. The van der Waals surface area contributed by atoms with Crippen molar-refractivity contribution < 1.29 is 9.53 Å². The lowest BCUT2D eigenvalue weighted by Gasteiger charge is -2.04. The van der Waals surface area contributed by atoms with Crippen LogP contribution in [-0.2, 0) is 17.8 Å². The highest BCUT2D eigenvalue weighted by atomic mass is 32.1. The number of thiazole rings is 1. The zero-order valence-electron chi connectivity index (χ0n) is 11.8. The third-order valence-corrected chi connectivity index (χ3v) is 4.01. The van der Waals surface area contributed by atoms with Crippen molar-refractivity contribution in [3.05, 3.63) is 52.2 Å². The molecule has 0 N–H and O–H groups in total. The lowest BCUT2D eigenvalue weighted by atomic mass is 10.2. The first-order chi connectivity index (χ1) is 10.8. The predicted molar refractivity (Wildman–Crippen MR) is 79.8 cm³/mol. The molecule has 0 aliphatic rings. The van der Waals surface area contributed by atoms with Gasteiger partial charge in [0.1, 0.15) is 12.9 Å². The zero-order valence-corrected chi connectivity index (χ0v) is 12.7. The van der Waals surface area contributed by atoms with Crippen LogP contribution in [0.4, 0.5) is 0 Å². The Morgan fingerprint density at radius 1 is 1.32 bits per heavy atom. The molecule has 8 heteroatoms. The number of aromatic nitrogens is 5. The van der Waals surface area contributed by atoms with Crippen LogP contribution in [0.3, 0.4) is 0 Å². The van der Waals surface area contributed by atoms with Crippen molar-refractivity contribution in [2.45, 2.75) is 20.0 Å². The van der Waals surface area contributed by atoms with Gasteiger partial charge < -0.3 is 4.74 Å². The van der Waals surface area contributed by atoms with Gasteiger partial charge >= 0.3 is 5.97 Å². The van der Waals surface area contributed by atoms with Crippen molar-refractivity contribution in [2.24, 2.45) is 0 Å². The molecule has 0 bridgehead atoms. The molecular formula is C14H13N5O2S. The molecule has 22 heavy (non-hydrogen) atoms. The third-order valence-electron chi connectivity index (χ3n) is 2.97. The van der Waals surface area contributed by atoms with Crippen LogP contribution < -0.4 is 0 Å². The van der Waals surface area contributed by atoms with Gasteiger partial charge in [0.2, 0.25) is 0 Å². The maximum absolute atomic E-state index is 12.0. The fourth-order valence-corrected chi connectivity index (χ4v) is 2.56. The van der Waals surface area contributed by atoms with Gasteiger partial charge in [-0.15, -0.1) is 16.4 Å². The van der Waals surface area contributed by atoms with Crippen LogP contribution in [0.15, 0.2) is 36.0 Å². The monoisotopic (exact) mass is 315 g/mol.